The number of likely N-dealkylation sites (tertiary alicyclic amines) is 1. The van der Waals surface area contributed by atoms with Crippen molar-refractivity contribution in [2.45, 2.75) is 51.6 Å². The van der Waals surface area contributed by atoms with Crippen LogP contribution in [0.4, 0.5) is 0 Å². The zero-order valence-electron chi connectivity index (χ0n) is 11.9. The third-order valence-electron chi connectivity index (χ3n) is 3.38. The van der Waals surface area contributed by atoms with Crippen LogP contribution in [0.3, 0.4) is 0 Å². The van der Waals surface area contributed by atoms with Gasteiger partial charge in [0.1, 0.15) is 0 Å². The number of rotatable bonds is 3. The van der Waals surface area contributed by atoms with Crippen LogP contribution in [-0.2, 0) is 12.0 Å². The summed E-state index contributed by atoms with van der Waals surface area (Å²) in [5.74, 6) is 1.45. The Morgan fingerprint density at radius 2 is 2.17 bits per heavy atom. The molecule has 2 rings (SSSR count). The summed E-state index contributed by atoms with van der Waals surface area (Å²) in [6.07, 6.45) is 2.48. The molecule has 5 heteroatoms. The molecular weight excluding hydrogens is 228 g/mol. The third-order valence-corrected chi connectivity index (χ3v) is 3.38. The average Bonchev–Trinajstić information content (AvgIpc) is 2.77. The average molecular weight is 252 g/mol. The van der Waals surface area contributed by atoms with Crippen LogP contribution in [0, 0.1) is 0 Å². The van der Waals surface area contributed by atoms with Crippen molar-refractivity contribution in [3.63, 3.8) is 0 Å². The Hall–Kier alpha value is -0.940. The lowest BCUT2D eigenvalue weighted by Crippen LogP contribution is -2.43. The van der Waals surface area contributed by atoms with Crippen molar-refractivity contribution in [3.05, 3.63) is 11.8 Å². The van der Waals surface area contributed by atoms with Crippen LogP contribution in [0.1, 0.15) is 45.4 Å². The first kappa shape index (κ1) is 13.5. The number of hydrogen-bond donors (Lipinski definition) is 1. The fourth-order valence-electron chi connectivity index (χ4n) is 2.25. The standard InChI is InChI=1S/C13H24N4O/c1-13(2,3)12-16-15-11(18-12)9-17-7-5-6-10(8-17)14-4/h10,14H,5-9H2,1-4H3. The fourth-order valence-corrected chi connectivity index (χ4v) is 2.25. The number of hydrogen-bond acceptors (Lipinski definition) is 5. The van der Waals surface area contributed by atoms with Crippen molar-refractivity contribution in [2.24, 2.45) is 0 Å². The molecule has 102 valence electrons. The minimum Gasteiger partial charge on any atom is -0.423 e. The van der Waals surface area contributed by atoms with E-state index in [0.29, 0.717) is 6.04 Å². The van der Waals surface area contributed by atoms with Crippen LogP contribution < -0.4 is 5.32 Å². The van der Waals surface area contributed by atoms with Crippen molar-refractivity contribution >= 4 is 0 Å². The minimum absolute atomic E-state index is 0.0688. The second-order valence-corrected chi connectivity index (χ2v) is 6.11. The van der Waals surface area contributed by atoms with E-state index >= 15 is 0 Å². The van der Waals surface area contributed by atoms with Gasteiger partial charge in [0, 0.05) is 18.0 Å². The van der Waals surface area contributed by atoms with Gasteiger partial charge in [-0.3, -0.25) is 4.90 Å². The summed E-state index contributed by atoms with van der Waals surface area (Å²) in [6.45, 7) is 9.20. The molecule has 0 bridgehead atoms. The lowest BCUT2D eigenvalue weighted by molar-refractivity contribution is 0.170. The topological polar surface area (TPSA) is 54.2 Å². The molecule has 0 aliphatic carbocycles. The van der Waals surface area contributed by atoms with Crippen LogP contribution in [0.25, 0.3) is 0 Å². The summed E-state index contributed by atoms with van der Waals surface area (Å²) in [5.41, 5.74) is -0.0688. The van der Waals surface area contributed by atoms with Gasteiger partial charge in [0.05, 0.1) is 6.54 Å². The normalized spacial score (nSPS) is 22.3. The molecule has 1 saturated heterocycles. The SMILES string of the molecule is CNC1CCCN(Cc2nnc(C(C)(C)C)o2)C1. The number of nitrogens with one attached hydrogen (secondary N) is 1. The Bertz CT molecular complexity index is 383. The first-order valence-electron chi connectivity index (χ1n) is 6.71. The lowest BCUT2D eigenvalue weighted by atomic mass is 9.97. The Morgan fingerprint density at radius 1 is 1.39 bits per heavy atom. The van der Waals surface area contributed by atoms with E-state index < -0.39 is 0 Å². The Labute approximate surface area is 109 Å². The van der Waals surface area contributed by atoms with Crippen molar-refractivity contribution in [1.29, 1.82) is 0 Å². The molecule has 1 N–H and O–H groups in total. The number of nitrogens with zero attached hydrogens (tertiary/aromatic N) is 3. The summed E-state index contributed by atoms with van der Waals surface area (Å²) in [4.78, 5) is 2.38. The van der Waals surface area contributed by atoms with Gasteiger partial charge < -0.3 is 9.73 Å². The molecule has 1 atom stereocenters. The molecule has 1 fully saturated rings. The number of aromatic nitrogens is 2. The first-order chi connectivity index (χ1) is 8.49. The highest BCUT2D eigenvalue weighted by Gasteiger charge is 2.24. The monoisotopic (exact) mass is 252 g/mol. The van der Waals surface area contributed by atoms with Crippen molar-refractivity contribution in [1.82, 2.24) is 20.4 Å². The molecular formula is C13H24N4O. The molecule has 5 nitrogen and oxygen atoms in total. The van der Waals surface area contributed by atoms with E-state index in [-0.39, 0.29) is 5.41 Å². The zero-order valence-corrected chi connectivity index (χ0v) is 11.9. The van der Waals surface area contributed by atoms with Crippen molar-refractivity contribution in [3.8, 4) is 0 Å². The van der Waals surface area contributed by atoms with Gasteiger partial charge in [-0.05, 0) is 26.4 Å². The molecule has 0 aromatic carbocycles. The van der Waals surface area contributed by atoms with Gasteiger partial charge in [-0.2, -0.15) is 0 Å². The molecule has 1 aliphatic heterocycles. The van der Waals surface area contributed by atoms with Gasteiger partial charge in [0.25, 0.3) is 0 Å². The fraction of sp³-hybridized carbons (Fsp3) is 0.846. The second kappa shape index (κ2) is 5.36. The molecule has 1 aliphatic rings. The highest BCUT2D eigenvalue weighted by atomic mass is 16.4. The summed E-state index contributed by atoms with van der Waals surface area (Å²) in [7, 11) is 2.03. The predicted molar refractivity (Wildman–Crippen MR) is 70.4 cm³/mol. The Balaban J connectivity index is 1.95. The third kappa shape index (κ3) is 3.29. The molecule has 1 aromatic heterocycles. The molecule has 0 amide bonds. The van der Waals surface area contributed by atoms with Crippen molar-refractivity contribution in [2.75, 3.05) is 20.1 Å². The lowest BCUT2D eigenvalue weighted by Gasteiger charge is -2.31. The zero-order chi connectivity index (χ0) is 13.2. The molecule has 2 heterocycles. The van der Waals surface area contributed by atoms with Crippen LogP contribution in [0.2, 0.25) is 0 Å². The van der Waals surface area contributed by atoms with E-state index in [1.165, 1.54) is 12.8 Å². The molecule has 0 spiro atoms. The molecule has 1 aromatic rings. The Kier molecular flexibility index (Phi) is 4.02. The number of piperidine rings is 1. The van der Waals surface area contributed by atoms with Crippen LogP contribution in [-0.4, -0.2) is 41.3 Å². The van der Waals surface area contributed by atoms with Crippen LogP contribution in [0.5, 0.6) is 0 Å². The highest BCUT2D eigenvalue weighted by molar-refractivity contribution is 4.96. The Morgan fingerprint density at radius 3 is 2.78 bits per heavy atom. The largest absolute Gasteiger partial charge is 0.423 e. The summed E-state index contributed by atoms with van der Waals surface area (Å²) < 4.78 is 5.74. The molecule has 0 radical (unpaired) electrons. The smallest absolute Gasteiger partial charge is 0.230 e. The molecule has 0 saturated carbocycles. The first-order valence-corrected chi connectivity index (χ1v) is 6.71. The summed E-state index contributed by atoms with van der Waals surface area (Å²) in [6, 6.07) is 0.587. The van der Waals surface area contributed by atoms with Gasteiger partial charge in [0.2, 0.25) is 11.8 Å². The minimum atomic E-state index is -0.0688. The van der Waals surface area contributed by atoms with E-state index in [0.717, 1.165) is 31.4 Å². The summed E-state index contributed by atoms with van der Waals surface area (Å²) >= 11 is 0. The van der Waals surface area contributed by atoms with Gasteiger partial charge in [-0.15, -0.1) is 10.2 Å². The maximum atomic E-state index is 5.74. The van der Waals surface area contributed by atoms with E-state index in [4.69, 9.17) is 4.42 Å². The van der Waals surface area contributed by atoms with E-state index in [1.54, 1.807) is 0 Å². The van der Waals surface area contributed by atoms with Gasteiger partial charge in [0.15, 0.2) is 0 Å². The van der Waals surface area contributed by atoms with Crippen LogP contribution >= 0.6 is 0 Å². The second-order valence-electron chi connectivity index (χ2n) is 6.11. The number of likely N-dealkylation sites (N-methyl/N-ethyl adjacent to an activating group) is 1. The summed E-state index contributed by atoms with van der Waals surface area (Å²) in [5, 5.41) is 11.6. The van der Waals surface area contributed by atoms with Gasteiger partial charge >= 0.3 is 0 Å². The highest BCUT2D eigenvalue weighted by Crippen LogP contribution is 2.21. The van der Waals surface area contributed by atoms with E-state index in [1.807, 2.05) is 7.05 Å². The van der Waals surface area contributed by atoms with Gasteiger partial charge in [-0.1, -0.05) is 20.8 Å². The van der Waals surface area contributed by atoms with E-state index in [2.05, 4.69) is 41.2 Å². The predicted octanol–water partition coefficient (Wildman–Crippen LogP) is 1.55. The quantitative estimate of drug-likeness (QED) is 0.884. The van der Waals surface area contributed by atoms with E-state index in [9.17, 15) is 0 Å². The van der Waals surface area contributed by atoms with Crippen LogP contribution in [0.15, 0.2) is 4.42 Å². The van der Waals surface area contributed by atoms with Crippen molar-refractivity contribution < 1.29 is 4.42 Å². The molecule has 1 unspecified atom stereocenters. The van der Waals surface area contributed by atoms with Gasteiger partial charge in [-0.25, -0.2) is 0 Å². The maximum Gasteiger partial charge on any atom is 0.230 e. The maximum absolute atomic E-state index is 5.74. The molecule has 18 heavy (non-hydrogen) atoms.